The molecule has 1 aliphatic carbocycles. The third-order valence-corrected chi connectivity index (χ3v) is 3.87. The van der Waals surface area contributed by atoms with Crippen LogP contribution < -0.4 is 0 Å². The van der Waals surface area contributed by atoms with E-state index in [-0.39, 0.29) is 5.92 Å². The summed E-state index contributed by atoms with van der Waals surface area (Å²) in [6, 6.07) is 0. The van der Waals surface area contributed by atoms with Gasteiger partial charge in [0.05, 0.1) is 6.10 Å². The molecule has 2 nitrogen and oxygen atoms in total. The van der Waals surface area contributed by atoms with E-state index in [0.717, 1.165) is 31.3 Å². The van der Waals surface area contributed by atoms with Crippen LogP contribution in [0.15, 0.2) is 23.8 Å². The van der Waals surface area contributed by atoms with Gasteiger partial charge in [0.25, 0.3) is 0 Å². The van der Waals surface area contributed by atoms with Crippen molar-refractivity contribution in [2.45, 2.75) is 58.7 Å². The first kappa shape index (κ1) is 14.5. The average molecular weight is 238 g/mol. The van der Waals surface area contributed by atoms with Crippen molar-refractivity contribution in [1.29, 1.82) is 0 Å². The predicted octanol–water partition coefficient (Wildman–Crippen LogP) is 3.06. The normalized spacial score (nSPS) is 35.5. The highest BCUT2D eigenvalue weighted by atomic mass is 16.3. The van der Waals surface area contributed by atoms with E-state index < -0.39 is 12.2 Å². The molecule has 0 amide bonds. The van der Waals surface area contributed by atoms with E-state index in [9.17, 15) is 10.2 Å². The molecule has 0 aromatic heterocycles. The van der Waals surface area contributed by atoms with E-state index in [2.05, 4.69) is 33.4 Å². The predicted molar refractivity (Wildman–Crippen MR) is 71.7 cm³/mol. The first-order chi connectivity index (χ1) is 7.93. The van der Waals surface area contributed by atoms with Crippen molar-refractivity contribution >= 4 is 0 Å². The fraction of sp³-hybridized carbons (Fsp3) is 0.733. The van der Waals surface area contributed by atoms with Gasteiger partial charge in [0.2, 0.25) is 0 Å². The second-order valence-corrected chi connectivity index (χ2v) is 5.63. The maximum Gasteiger partial charge on any atom is 0.101 e. The Labute approximate surface area is 105 Å². The van der Waals surface area contributed by atoms with Gasteiger partial charge in [0.1, 0.15) is 6.10 Å². The van der Waals surface area contributed by atoms with E-state index >= 15 is 0 Å². The molecule has 0 heterocycles. The number of hydrogen-bond acceptors (Lipinski definition) is 2. The van der Waals surface area contributed by atoms with Gasteiger partial charge in [-0.25, -0.2) is 0 Å². The molecule has 1 rings (SSSR count). The van der Waals surface area contributed by atoms with Crippen LogP contribution in [0, 0.1) is 11.8 Å². The molecular formula is C15H26O2. The Morgan fingerprint density at radius 2 is 1.94 bits per heavy atom. The van der Waals surface area contributed by atoms with E-state index in [4.69, 9.17) is 0 Å². The zero-order valence-corrected chi connectivity index (χ0v) is 11.3. The minimum Gasteiger partial charge on any atom is -0.390 e. The molecule has 3 atom stereocenters. The minimum atomic E-state index is -0.769. The topological polar surface area (TPSA) is 40.5 Å². The summed E-state index contributed by atoms with van der Waals surface area (Å²) in [6.07, 6.45) is 4.42. The van der Waals surface area contributed by atoms with Gasteiger partial charge in [0, 0.05) is 0 Å². The Morgan fingerprint density at radius 3 is 2.53 bits per heavy atom. The summed E-state index contributed by atoms with van der Waals surface area (Å²) in [6.45, 7) is 10.3. The van der Waals surface area contributed by atoms with Gasteiger partial charge in [-0.2, -0.15) is 0 Å². The number of aliphatic hydroxyl groups is 2. The van der Waals surface area contributed by atoms with E-state index in [1.807, 2.05) is 0 Å². The van der Waals surface area contributed by atoms with Crippen molar-refractivity contribution in [1.82, 2.24) is 0 Å². The summed E-state index contributed by atoms with van der Waals surface area (Å²) in [7, 11) is 0. The molecule has 0 radical (unpaired) electrons. The van der Waals surface area contributed by atoms with Crippen LogP contribution in [0.1, 0.15) is 46.5 Å². The molecule has 0 saturated heterocycles. The maximum absolute atomic E-state index is 10.3. The highest BCUT2D eigenvalue weighted by Crippen LogP contribution is 2.29. The molecule has 2 heteroatoms. The van der Waals surface area contributed by atoms with Crippen LogP contribution in [0.4, 0.5) is 0 Å². The Hall–Kier alpha value is -0.600. The second kappa shape index (κ2) is 6.36. The first-order valence-corrected chi connectivity index (χ1v) is 6.63. The van der Waals surface area contributed by atoms with Crippen molar-refractivity contribution < 1.29 is 10.2 Å². The average Bonchev–Trinajstić information content (AvgIpc) is 2.26. The highest BCUT2D eigenvalue weighted by molar-refractivity contribution is 5.10. The van der Waals surface area contributed by atoms with Crippen LogP contribution in [-0.4, -0.2) is 22.4 Å². The van der Waals surface area contributed by atoms with Crippen LogP contribution in [0.3, 0.4) is 0 Å². The van der Waals surface area contributed by atoms with Crippen LogP contribution in [0.2, 0.25) is 0 Å². The van der Waals surface area contributed by atoms with Gasteiger partial charge in [-0.3, -0.25) is 0 Å². The Bertz CT molecular complexity index is 291. The molecule has 17 heavy (non-hydrogen) atoms. The van der Waals surface area contributed by atoms with Gasteiger partial charge in [-0.1, -0.05) is 32.1 Å². The third kappa shape index (κ3) is 3.97. The highest BCUT2D eigenvalue weighted by Gasteiger charge is 2.30. The third-order valence-electron chi connectivity index (χ3n) is 3.87. The van der Waals surface area contributed by atoms with Gasteiger partial charge in [-0.05, 0) is 50.0 Å². The largest absolute Gasteiger partial charge is 0.390 e. The monoisotopic (exact) mass is 238 g/mol. The van der Waals surface area contributed by atoms with Crippen molar-refractivity contribution in [3.05, 3.63) is 23.8 Å². The van der Waals surface area contributed by atoms with Crippen LogP contribution in [0.5, 0.6) is 0 Å². The Balaban J connectivity index is 2.87. The molecule has 0 saturated carbocycles. The fourth-order valence-electron chi connectivity index (χ4n) is 2.52. The molecule has 0 aromatic carbocycles. The molecule has 2 N–H and O–H groups in total. The molecule has 0 fully saturated rings. The molecule has 0 aromatic rings. The van der Waals surface area contributed by atoms with Gasteiger partial charge in [0.15, 0.2) is 0 Å². The lowest BCUT2D eigenvalue weighted by molar-refractivity contribution is -0.0163. The SMILES string of the molecule is C=C1CC/C=C(\C)CC[C@@H](C(C)C)[C@H](O)[C@H]1O. The lowest BCUT2D eigenvalue weighted by atomic mass is 9.80. The van der Waals surface area contributed by atoms with Gasteiger partial charge >= 0.3 is 0 Å². The van der Waals surface area contributed by atoms with Gasteiger partial charge in [-0.15, -0.1) is 0 Å². The van der Waals surface area contributed by atoms with Crippen molar-refractivity contribution in [3.8, 4) is 0 Å². The second-order valence-electron chi connectivity index (χ2n) is 5.63. The summed E-state index contributed by atoms with van der Waals surface area (Å²) >= 11 is 0. The number of hydrogen-bond donors (Lipinski definition) is 2. The summed E-state index contributed by atoms with van der Waals surface area (Å²) in [5, 5.41) is 20.3. The number of aliphatic hydroxyl groups excluding tert-OH is 2. The lowest BCUT2D eigenvalue weighted by Crippen LogP contribution is -2.37. The zero-order chi connectivity index (χ0) is 13.0. The maximum atomic E-state index is 10.3. The molecule has 1 aliphatic rings. The van der Waals surface area contributed by atoms with Crippen LogP contribution in [-0.2, 0) is 0 Å². The standard InChI is InChI=1S/C15H26O2/c1-10(2)13-9-8-11(3)6-5-7-12(4)14(16)15(13)17/h6,10,13-17H,4-5,7-9H2,1-3H3/b11-6+/t13-,14-,15-/m0/s1. The minimum absolute atomic E-state index is 0.142. The van der Waals surface area contributed by atoms with E-state index in [1.165, 1.54) is 5.57 Å². The molecule has 0 unspecified atom stereocenters. The summed E-state index contributed by atoms with van der Waals surface area (Å²) in [5.41, 5.74) is 2.14. The van der Waals surface area contributed by atoms with Crippen LogP contribution >= 0.6 is 0 Å². The van der Waals surface area contributed by atoms with Crippen molar-refractivity contribution in [3.63, 3.8) is 0 Å². The number of allylic oxidation sites excluding steroid dienone is 2. The van der Waals surface area contributed by atoms with Gasteiger partial charge < -0.3 is 10.2 Å². The zero-order valence-electron chi connectivity index (χ0n) is 11.3. The molecule has 98 valence electrons. The fourth-order valence-corrected chi connectivity index (χ4v) is 2.52. The number of rotatable bonds is 1. The quantitative estimate of drug-likeness (QED) is 0.689. The van der Waals surface area contributed by atoms with Crippen LogP contribution in [0.25, 0.3) is 0 Å². The summed E-state index contributed by atoms with van der Waals surface area (Å²) in [5.74, 6) is 0.517. The summed E-state index contributed by atoms with van der Waals surface area (Å²) < 4.78 is 0. The smallest absolute Gasteiger partial charge is 0.101 e. The van der Waals surface area contributed by atoms with E-state index in [0.29, 0.717) is 5.92 Å². The molecule has 0 aliphatic heterocycles. The molecular weight excluding hydrogens is 212 g/mol. The lowest BCUT2D eigenvalue weighted by Gasteiger charge is -2.31. The van der Waals surface area contributed by atoms with Crippen molar-refractivity contribution in [2.24, 2.45) is 11.8 Å². The Kier molecular flexibility index (Phi) is 5.41. The molecule has 0 spiro atoms. The molecule has 0 bridgehead atoms. The van der Waals surface area contributed by atoms with Crippen molar-refractivity contribution in [2.75, 3.05) is 0 Å². The van der Waals surface area contributed by atoms with E-state index in [1.54, 1.807) is 0 Å². The summed E-state index contributed by atoms with van der Waals surface area (Å²) in [4.78, 5) is 0. The Morgan fingerprint density at radius 1 is 1.29 bits per heavy atom. The first-order valence-electron chi connectivity index (χ1n) is 6.63.